The first-order valence-corrected chi connectivity index (χ1v) is 3.96. The fourth-order valence-electron chi connectivity index (χ4n) is 1.05. The number of hydrogen-bond donors (Lipinski definition) is 0. The third kappa shape index (κ3) is 2.06. The summed E-state index contributed by atoms with van der Waals surface area (Å²) in [7, 11) is 0. The molecule has 1 heteroatoms. The molecule has 0 aromatic carbocycles. The molecule has 0 bridgehead atoms. The third-order valence-electron chi connectivity index (χ3n) is 1.71. The molecule has 1 aliphatic rings. The van der Waals surface area contributed by atoms with E-state index >= 15 is 0 Å². The van der Waals surface area contributed by atoms with E-state index in [2.05, 4.69) is 6.58 Å². The lowest BCUT2D eigenvalue weighted by molar-refractivity contribution is -0.114. The molecule has 0 fully saturated rings. The predicted molar refractivity (Wildman–Crippen MR) is 50.8 cm³/mol. The van der Waals surface area contributed by atoms with Crippen molar-refractivity contribution in [3.8, 4) is 0 Å². The molecule has 0 aliphatic heterocycles. The van der Waals surface area contributed by atoms with Gasteiger partial charge in [-0.1, -0.05) is 30.9 Å². The zero-order valence-electron chi connectivity index (χ0n) is 7.21. The van der Waals surface area contributed by atoms with Gasteiger partial charge in [-0.3, -0.25) is 4.79 Å². The third-order valence-corrected chi connectivity index (χ3v) is 1.71. The van der Waals surface area contributed by atoms with Gasteiger partial charge in [0, 0.05) is 6.42 Å². The molecule has 1 aliphatic carbocycles. The minimum atomic E-state index is 0.137. The Labute approximate surface area is 72.8 Å². The Morgan fingerprint density at radius 2 is 2.25 bits per heavy atom. The van der Waals surface area contributed by atoms with Crippen LogP contribution in [0.3, 0.4) is 0 Å². The minimum absolute atomic E-state index is 0.137. The van der Waals surface area contributed by atoms with E-state index < -0.39 is 0 Å². The molecule has 0 radical (unpaired) electrons. The molecule has 1 rings (SSSR count). The van der Waals surface area contributed by atoms with Crippen molar-refractivity contribution in [3.63, 3.8) is 0 Å². The summed E-state index contributed by atoms with van der Waals surface area (Å²) >= 11 is 0. The van der Waals surface area contributed by atoms with E-state index in [0.29, 0.717) is 6.42 Å². The summed E-state index contributed by atoms with van der Waals surface area (Å²) in [5, 5.41) is 0. The number of rotatable bonds is 1. The van der Waals surface area contributed by atoms with Crippen LogP contribution in [0.15, 0.2) is 48.1 Å². The van der Waals surface area contributed by atoms with Crippen LogP contribution in [-0.2, 0) is 4.79 Å². The minimum Gasteiger partial charge on any atom is -0.294 e. The van der Waals surface area contributed by atoms with E-state index in [-0.39, 0.29) is 5.78 Å². The molecule has 0 saturated heterocycles. The highest BCUT2D eigenvalue weighted by Crippen LogP contribution is 2.18. The quantitative estimate of drug-likeness (QED) is 0.576. The highest BCUT2D eigenvalue weighted by atomic mass is 16.1. The topological polar surface area (TPSA) is 17.1 Å². The lowest BCUT2D eigenvalue weighted by Crippen LogP contribution is -2.01. The van der Waals surface area contributed by atoms with Gasteiger partial charge in [-0.05, 0) is 24.1 Å². The highest BCUT2D eigenvalue weighted by molar-refractivity contribution is 5.94. The highest BCUT2D eigenvalue weighted by Gasteiger charge is 2.08. The second-order valence-electron chi connectivity index (χ2n) is 2.73. The maximum Gasteiger partial charge on any atom is 0.160 e. The Kier molecular flexibility index (Phi) is 2.81. The zero-order chi connectivity index (χ0) is 8.97. The number of carbonyl (C=O) groups excluding carboxylic acids is 1. The molecule has 0 aromatic heterocycles. The van der Waals surface area contributed by atoms with Gasteiger partial charge in [-0.25, -0.2) is 0 Å². The molecule has 0 unspecified atom stereocenters. The van der Waals surface area contributed by atoms with Crippen LogP contribution >= 0.6 is 0 Å². The Morgan fingerprint density at radius 3 is 2.83 bits per heavy atom. The van der Waals surface area contributed by atoms with E-state index in [0.717, 1.165) is 11.1 Å². The van der Waals surface area contributed by atoms with E-state index in [9.17, 15) is 4.79 Å². The zero-order valence-corrected chi connectivity index (χ0v) is 7.21. The largest absolute Gasteiger partial charge is 0.294 e. The van der Waals surface area contributed by atoms with Gasteiger partial charge < -0.3 is 0 Å². The fraction of sp³-hybridized carbons (Fsp3) is 0.182. The molecule has 0 aromatic rings. The van der Waals surface area contributed by atoms with Crippen molar-refractivity contribution in [1.82, 2.24) is 0 Å². The fourth-order valence-corrected chi connectivity index (χ4v) is 1.05. The maximum atomic E-state index is 10.9. The Morgan fingerprint density at radius 1 is 1.50 bits per heavy atom. The molecule has 12 heavy (non-hydrogen) atoms. The number of allylic oxidation sites excluding steroid dienone is 7. The smallest absolute Gasteiger partial charge is 0.160 e. The van der Waals surface area contributed by atoms with Crippen LogP contribution in [0.5, 0.6) is 0 Å². The first-order chi connectivity index (χ1) is 5.74. The van der Waals surface area contributed by atoms with Crippen molar-refractivity contribution in [2.75, 3.05) is 0 Å². The molecule has 62 valence electrons. The van der Waals surface area contributed by atoms with Crippen molar-refractivity contribution < 1.29 is 4.79 Å². The van der Waals surface area contributed by atoms with Gasteiger partial charge in [0.15, 0.2) is 5.78 Å². The van der Waals surface area contributed by atoms with Gasteiger partial charge in [-0.2, -0.15) is 0 Å². The van der Waals surface area contributed by atoms with Crippen LogP contribution in [0.1, 0.15) is 13.3 Å². The van der Waals surface area contributed by atoms with Crippen molar-refractivity contribution in [1.29, 1.82) is 0 Å². The second kappa shape index (κ2) is 3.86. The van der Waals surface area contributed by atoms with Gasteiger partial charge in [0.1, 0.15) is 0 Å². The Balaban J connectivity index is 2.86. The standard InChI is InChI=1S/C11H12O/c1-3-4-5-10-6-7-11(12)8-9(10)2/h3-7H,2,8H2,1H3/b4-3-,10-5-. The first-order valence-electron chi connectivity index (χ1n) is 3.96. The number of ketones is 1. The van der Waals surface area contributed by atoms with Crippen molar-refractivity contribution in [2.45, 2.75) is 13.3 Å². The molecule has 0 saturated carbocycles. The van der Waals surface area contributed by atoms with E-state index in [1.54, 1.807) is 6.08 Å². The molecular weight excluding hydrogens is 148 g/mol. The summed E-state index contributed by atoms with van der Waals surface area (Å²) in [5.74, 6) is 0.137. The number of hydrogen-bond acceptors (Lipinski definition) is 1. The molecule has 1 nitrogen and oxygen atoms in total. The van der Waals surface area contributed by atoms with Gasteiger partial charge >= 0.3 is 0 Å². The maximum absolute atomic E-state index is 10.9. The lowest BCUT2D eigenvalue weighted by Gasteiger charge is -2.08. The van der Waals surface area contributed by atoms with E-state index in [1.165, 1.54) is 0 Å². The van der Waals surface area contributed by atoms with Crippen molar-refractivity contribution >= 4 is 5.78 Å². The van der Waals surface area contributed by atoms with E-state index in [4.69, 9.17) is 0 Å². The van der Waals surface area contributed by atoms with Crippen LogP contribution in [-0.4, -0.2) is 5.78 Å². The van der Waals surface area contributed by atoms with Gasteiger partial charge in [0.05, 0.1) is 0 Å². The van der Waals surface area contributed by atoms with E-state index in [1.807, 2.05) is 31.2 Å². The Hall–Kier alpha value is -1.37. The molecule has 0 heterocycles. The van der Waals surface area contributed by atoms with Crippen LogP contribution in [0.25, 0.3) is 0 Å². The molecule has 0 spiro atoms. The monoisotopic (exact) mass is 160 g/mol. The van der Waals surface area contributed by atoms with Crippen molar-refractivity contribution in [2.24, 2.45) is 0 Å². The van der Waals surface area contributed by atoms with Crippen LogP contribution in [0.4, 0.5) is 0 Å². The summed E-state index contributed by atoms with van der Waals surface area (Å²) < 4.78 is 0. The van der Waals surface area contributed by atoms with Gasteiger partial charge in [0.25, 0.3) is 0 Å². The predicted octanol–water partition coefficient (Wildman–Crippen LogP) is 2.57. The van der Waals surface area contributed by atoms with Crippen molar-refractivity contribution in [3.05, 3.63) is 48.1 Å². The van der Waals surface area contributed by atoms with Gasteiger partial charge in [0.2, 0.25) is 0 Å². The lowest BCUT2D eigenvalue weighted by atomic mass is 9.96. The summed E-state index contributed by atoms with van der Waals surface area (Å²) in [6.45, 7) is 5.78. The molecule has 0 N–H and O–H groups in total. The SMILES string of the molecule is C=C1CC(=O)C=C/C1=C/C=C\C. The summed E-state index contributed by atoms with van der Waals surface area (Å²) in [6, 6.07) is 0. The second-order valence-corrected chi connectivity index (χ2v) is 2.73. The van der Waals surface area contributed by atoms with Crippen LogP contribution in [0, 0.1) is 0 Å². The summed E-state index contributed by atoms with van der Waals surface area (Å²) in [4.78, 5) is 10.9. The van der Waals surface area contributed by atoms with Gasteiger partial charge in [-0.15, -0.1) is 0 Å². The molecular formula is C11H12O. The molecule has 0 atom stereocenters. The van der Waals surface area contributed by atoms with Crippen LogP contribution < -0.4 is 0 Å². The normalized spacial score (nSPS) is 21.2. The summed E-state index contributed by atoms with van der Waals surface area (Å²) in [6.07, 6.45) is 9.73. The number of carbonyl (C=O) groups is 1. The average molecular weight is 160 g/mol. The first kappa shape index (κ1) is 8.72. The Bertz CT molecular complexity index is 290. The van der Waals surface area contributed by atoms with Crippen LogP contribution in [0.2, 0.25) is 0 Å². The average Bonchev–Trinajstić information content (AvgIpc) is 2.03. The molecule has 0 amide bonds. The summed E-state index contributed by atoms with van der Waals surface area (Å²) in [5.41, 5.74) is 1.95.